The third-order valence-corrected chi connectivity index (χ3v) is 6.76. The quantitative estimate of drug-likeness (QED) is 0.608. The predicted molar refractivity (Wildman–Crippen MR) is 108 cm³/mol. The average molecular weight is 472 g/mol. The summed E-state index contributed by atoms with van der Waals surface area (Å²) in [4.78, 5) is 12.6. The van der Waals surface area contributed by atoms with Gasteiger partial charge in [-0.15, -0.1) is 0 Å². The van der Waals surface area contributed by atoms with Gasteiger partial charge in [-0.05, 0) is 24.1 Å². The van der Waals surface area contributed by atoms with Crippen molar-refractivity contribution in [2.24, 2.45) is 5.92 Å². The van der Waals surface area contributed by atoms with Crippen LogP contribution in [0.25, 0.3) is 0 Å². The molecule has 0 aliphatic carbocycles. The molecule has 1 aliphatic heterocycles. The van der Waals surface area contributed by atoms with Crippen LogP contribution in [0.5, 0.6) is 0 Å². The van der Waals surface area contributed by atoms with Crippen molar-refractivity contribution in [3.05, 3.63) is 28.8 Å². The summed E-state index contributed by atoms with van der Waals surface area (Å²) in [6.07, 6.45) is -4.52. The Morgan fingerprint density at radius 3 is 2.43 bits per heavy atom. The second-order valence-electron chi connectivity index (χ2n) is 7.18. The molecule has 30 heavy (non-hydrogen) atoms. The molecule has 12 heteroatoms. The smallest absolute Gasteiger partial charge is 0.379 e. The average Bonchev–Trinajstić information content (AvgIpc) is 2.66. The van der Waals surface area contributed by atoms with E-state index in [0.29, 0.717) is 13.2 Å². The zero-order valence-corrected chi connectivity index (χ0v) is 18.2. The molecule has 0 spiro atoms. The molecule has 0 radical (unpaired) electrons. The molecule has 170 valence electrons. The summed E-state index contributed by atoms with van der Waals surface area (Å²) in [7, 11) is -3.52. The van der Waals surface area contributed by atoms with Crippen LogP contribution in [0.2, 0.25) is 5.02 Å². The summed E-state index contributed by atoms with van der Waals surface area (Å²) >= 11 is 5.95. The second kappa shape index (κ2) is 10.2. The van der Waals surface area contributed by atoms with E-state index in [2.05, 4.69) is 10.6 Å². The van der Waals surface area contributed by atoms with Crippen LogP contribution in [0.15, 0.2) is 18.2 Å². The first kappa shape index (κ1) is 24.7. The molecule has 1 aromatic carbocycles. The molecule has 2 rings (SSSR count). The largest absolute Gasteiger partial charge is 0.416 e. The number of carbonyl (C=O) groups excluding carboxylic acids is 1. The van der Waals surface area contributed by atoms with Crippen LogP contribution in [0.4, 0.5) is 18.9 Å². The first-order chi connectivity index (χ1) is 13.9. The second-order valence-corrected chi connectivity index (χ2v) is 9.67. The first-order valence-corrected chi connectivity index (χ1v) is 11.4. The van der Waals surface area contributed by atoms with E-state index in [1.165, 1.54) is 4.31 Å². The van der Waals surface area contributed by atoms with Crippen LogP contribution >= 0.6 is 11.6 Å². The molecule has 0 bridgehead atoms. The molecule has 1 amide bonds. The Morgan fingerprint density at radius 1 is 1.27 bits per heavy atom. The van der Waals surface area contributed by atoms with Crippen molar-refractivity contribution in [1.82, 2.24) is 9.62 Å². The Balaban J connectivity index is 1.98. The van der Waals surface area contributed by atoms with E-state index in [1.807, 2.05) is 0 Å². The highest BCUT2D eigenvalue weighted by Gasteiger charge is 2.31. The number of ether oxygens (including phenoxy) is 1. The summed E-state index contributed by atoms with van der Waals surface area (Å²) in [5.41, 5.74) is -0.712. The molecule has 1 saturated heterocycles. The van der Waals surface area contributed by atoms with Gasteiger partial charge in [-0.1, -0.05) is 25.4 Å². The summed E-state index contributed by atoms with van der Waals surface area (Å²) in [6.45, 7) is 4.62. The Hall–Kier alpha value is -1.56. The Morgan fingerprint density at radius 2 is 1.90 bits per heavy atom. The monoisotopic (exact) mass is 471 g/mol. The number of hydrogen-bond donors (Lipinski definition) is 2. The van der Waals surface area contributed by atoms with Crippen molar-refractivity contribution in [2.45, 2.75) is 26.1 Å². The summed E-state index contributed by atoms with van der Waals surface area (Å²) in [6, 6.07) is 2.01. The molecule has 1 heterocycles. The number of carbonyl (C=O) groups is 1. The topological polar surface area (TPSA) is 87.7 Å². The van der Waals surface area contributed by atoms with Crippen LogP contribution in [0, 0.1) is 5.92 Å². The number of halogens is 4. The maximum Gasteiger partial charge on any atom is 0.416 e. The van der Waals surface area contributed by atoms with Crippen molar-refractivity contribution >= 4 is 33.2 Å². The molecular weight excluding hydrogens is 447 g/mol. The number of alkyl halides is 3. The molecule has 0 aromatic heterocycles. The third-order valence-electron chi connectivity index (χ3n) is 4.58. The third kappa shape index (κ3) is 6.73. The van der Waals surface area contributed by atoms with E-state index in [9.17, 15) is 26.4 Å². The van der Waals surface area contributed by atoms with E-state index in [-0.39, 0.29) is 42.0 Å². The maximum absolute atomic E-state index is 12.8. The van der Waals surface area contributed by atoms with Gasteiger partial charge >= 0.3 is 6.18 Å². The van der Waals surface area contributed by atoms with Crippen LogP contribution in [-0.2, 0) is 25.7 Å². The molecule has 1 atom stereocenters. The van der Waals surface area contributed by atoms with Gasteiger partial charge in [0.2, 0.25) is 15.9 Å². The van der Waals surface area contributed by atoms with Gasteiger partial charge in [0.1, 0.15) is 6.04 Å². The van der Waals surface area contributed by atoms with Crippen molar-refractivity contribution in [3.63, 3.8) is 0 Å². The SMILES string of the molecule is CC(C)[C@H](Nc1ccc(C(F)(F)F)cc1Cl)C(=O)NCCS(=O)(=O)N1CCOCC1. The number of morpholine rings is 1. The summed E-state index contributed by atoms with van der Waals surface area (Å²) in [5, 5.41) is 5.25. The number of rotatable bonds is 8. The first-order valence-electron chi connectivity index (χ1n) is 9.38. The van der Waals surface area contributed by atoms with Gasteiger partial charge in [-0.3, -0.25) is 4.79 Å². The zero-order chi connectivity index (χ0) is 22.5. The van der Waals surface area contributed by atoms with Gasteiger partial charge in [0.05, 0.1) is 35.2 Å². The Bertz CT molecular complexity index is 844. The van der Waals surface area contributed by atoms with Crippen molar-refractivity contribution in [2.75, 3.05) is 43.9 Å². The van der Waals surface area contributed by atoms with E-state index in [1.54, 1.807) is 13.8 Å². The van der Waals surface area contributed by atoms with Gasteiger partial charge in [0.15, 0.2) is 0 Å². The number of benzene rings is 1. The van der Waals surface area contributed by atoms with Crippen LogP contribution in [0.1, 0.15) is 19.4 Å². The molecular formula is C18H25ClF3N3O4S. The van der Waals surface area contributed by atoms with Crippen molar-refractivity contribution < 1.29 is 31.1 Å². The van der Waals surface area contributed by atoms with E-state index in [4.69, 9.17) is 16.3 Å². The number of anilines is 1. The van der Waals surface area contributed by atoms with Gasteiger partial charge in [0.25, 0.3) is 0 Å². The molecule has 1 aliphatic rings. The van der Waals surface area contributed by atoms with Gasteiger partial charge in [-0.2, -0.15) is 17.5 Å². The van der Waals surface area contributed by atoms with Gasteiger partial charge in [0, 0.05) is 19.6 Å². The fourth-order valence-corrected chi connectivity index (χ4v) is 4.44. The lowest BCUT2D eigenvalue weighted by molar-refractivity contribution is -0.137. The minimum atomic E-state index is -4.52. The van der Waals surface area contributed by atoms with E-state index >= 15 is 0 Å². The standard InChI is InChI=1S/C18H25ClF3N3O4S/c1-12(2)16(24-15-4-3-13(11-14(15)19)18(20,21)22)17(26)23-5-10-30(27,28)25-6-8-29-9-7-25/h3-4,11-12,16,24H,5-10H2,1-2H3,(H,23,26)/t16-/m0/s1. The molecule has 1 aromatic rings. The number of hydrogen-bond acceptors (Lipinski definition) is 5. The number of sulfonamides is 1. The zero-order valence-electron chi connectivity index (χ0n) is 16.6. The lowest BCUT2D eigenvalue weighted by Crippen LogP contribution is -2.47. The molecule has 1 fully saturated rings. The van der Waals surface area contributed by atoms with E-state index < -0.39 is 33.7 Å². The fourth-order valence-electron chi connectivity index (χ4n) is 2.88. The molecule has 2 N–H and O–H groups in total. The highest BCUT2D eigenvalue weighted by Crippen LogP contribution is 2.34. The molecule has 0 unspecified atom stereocenters. The normalized spacial score (nSPS) is 17.0. The maximum atomic E-state index is 12.8. The molecule has 7 nitrogen and oxygen atoms in total. The number of nitrogens with zero attached hydrogens (tertiary/aromatic N) is 1. The van der Waals surface area contributed by atoms with Gasteiger partial charge in [-0.25, -0.2) is 8.42 Å². The van der Waals surface area contributed by atoms with Crippen LogP contribution in [0.3, 0.4) is 0 Å². The predicted octanol–water partition coefficient (Wildman–Crippen LogP) is 2.57. The highest BCUT2D eigenvalue weighted by molar-refractivity contribution is 7.89. The van der Waals surface area contributed by atoms with E-state index in [0.717, 1.165) is 18.2 Å². The summed E-state index contributed by atoms with van der Waals surface area (Å²) < 4.78 is 69.4. The van der Waals surface area contributed by atoms with Crippen molar-refractivity contribution in [1.29, 1.82) is 0 Å². The van der Waals surface area contributed by atoms with Crippen molar-refractivity contribution in [3.8, 4) is 0 Å². The highest BCUT2D eigenvalue weighted by atomic mass is 35.5. The summed E-state index contributed by atoms with van der Waals surface area (Å²) in [5.74, 6) is -0.970. The van der Waals surface area contributed by atoms with Gasteiger partial charge < -0.3 is 15.4 Å². The Kier molecular flexibility index (Phi) is 8.37. The minimum Gasteiger partial charge on any atom is -0.379 e. The number of nitrogens with one attached hydrogen (secondary N) is 2. The van der Waals surface area contributed by atoms with Crippen LogP contribution in [-0.4, -0.2) is 63.3 Å². The molecule has 0 saturated carbocycles. The Labute approximate surface area is 179 Å². The number of amides is 1. The fraction of sp³-hybridized carbons (Fsp3) is 0.611. The lowest BCUT2D eigenvalue weighted by Gasteiger charge is -2.26. The minimum absolute atomic E-state index is 0.0931. The van der Waals surface area contributed by atoms with Crippen LogP contribution < -0.4 is 10.6 Å². The lowest BCUT2D eigenvalue weighted by atomic mass is 10.0.